The largest absolute Gasteiger partial charge is 0.495 e. The van der Waals surface area contributed by atoms with Crippen LogP contribution in [0.5, 0.6) is 5.75 Å². The third-order valence-electron chi connectivity index (χ3n) is 4.62. The summed E-state index contributed by atoms with van der Waals surface area (Å²) < 4.78 is 5.09. The molecule has 3 rings (SSSR count). The first-order valence-corrected chi connectivity index (χ1v) is 9.72. The molecule has 1 heterocycles. The van der Waals surface area contributed by atoms with Crippen molar-refractivity contribution in [2.75, 3.05) is 25.5 Å². The van der Waals surface area contributed by atoms with Crippen LogP contribution in [0.4, 0.5) is 5.69 Å². The van der Waals surface area contributed by atoms with E-state index in [-0.39, 0.29) is 11.0 Å². The predicted molar refractivity (Wildman–Crippen MR) is 112 cm³/mol. The fraction of sp³-hybridized carbons (Fsp3) is 0.300. The summed E-state index contributed by atoms with van der Waals surface area (Å²) in [5.74, 6) is 0.191. The molecule has 0 atom stereocenters. The molecule has 1 saturated heterocycles. The summed E-state index contributed by atoms with van der Waals surface area (Å²) in [6, 6.07) is 13.0. The highest BCUT2D eigenvalue weighted by Gasteiger charge is 2.15. The molecule has 0 unspecified atom stereocenters. The predicted octanol–water partition coefficient (Wildman–Crippen LogP) is 2.65. The van der Waals surface area contributed by atoms with Crippen molar-refractivity contribution in [2.45, 2.75) is 19.4 Å². The van der Waals surface area contributed by atoms with E-state index in [2.05, 4.69) is 22.8 Å². The van der Waals surface area contributed by atoms with Crippen molar-refractivity contribution in [1.82, 2.24) is 5.32 Å². The van der Waals surface area contributed by atoms with Crippen molar-refractivity contribution in [3.8, 4) is 5.75 Å². The van der Waals surface area contributed by atoms with Gasteiger partial charge in [-0.2, -0.15) is 0 Å². The van der Waals surface area contributed by atoms with Gasteiger partial charge in [0, 0.05) is 29.7 Å². The molecule has 0 saturated carbocycles. The second-order valence-corrected chi connectivity index (χ2v) is 7.40. The first-order valence-electron chi connectivity index (χ1n) is 8.93. The Morgan fingerprint density at radius 2 is 1.89 bits per heavy atom. The van der Waals surface area contributed by atoms with Gasteiger partial charge in [0.05, 0.1) is 25.2 Å². The second kappa shape index (κ2) is 9.17. The van der Waals surface area contributed by atoms with Crippen LogP contribution < -0.4 is 20.3 Å². The fourth-order valence-corrected chi connectivity index (χ4v) is 3.66. The Morgan fingerprint density at radius 3 is 2.52 bits per heavy atom. The lowest BCUT2D eigenvalue weighted by Crippen LogP contribution is -3.08. The molecule has 142 valence electrons. The zero-order valence-corrected chi connectivity index (χ0v) is 16.8. The molecule has 1 amide bonds. The molecule has 27 heavy (non-hydrogen) atoms. The summed E-state index contributed by atoms with van der Waals surface area (Å²) in [5, 5.41) is 6.31. The van der Waals surface area contributed by atoms with Gasteiger partial charge in [-0.05, 0) is 42.5 Å². The van der Waals surface area contributed by atoms with Gasteiger partial charge in [0.1, 0.15) is 12.3 Å². The van der Waals surface area contributed by atoms with Crippen LogP contribution in [0.2, 0.25) is 5.02 Å². The molecule has 1 aliphatic heterocycles. The number of amides is 1. The zero-order valence-electron chi connectivity index (χ0n) is 15.2. The summed E-state index contributed by atoms with van der Waals surface area (Å²) >= 11 is 11.3. The van der Waals surface area contributed by atoms with E-state index in [0.717, 1.165) is 12.2 Å². The van der Waals surface area contributed by atoms with Crippen LogP contribution in [-0.4, -0.2) is 31.2 Å². The number of anilines is 1. The topological polar surface area (TPSA) is 54.8 Å². The molecule has 1 fully saturated rings. The molecule has 0 aromatic heterocycles. The van der Waals surface area contributed by atoms with E-state index >= 15 is 0 Å². The Labute approximate surface area is 169 Å². The Balaban J connectivity index is 1.53. The summed E-state index contributed by atoms with van der Waals surface area (Å²) in [5.41, 5.74) is 2.56. The van der Waals surface area contributed by atoms with E-state index in [4.69, 9.17) is 28.6 Å². The Kier molecular flexibility index (Phi) is 6.66. The number of ether oxygens (including phenoxy) is 1. The summed E-state index contributed by atoms with van der Waals surface area (Å²) in [6.07, 6.45) is 2.64. The average molecular weight is 405 g/mol. The minimum absolute atomic E-state index is 0.241. The Bertz CT molecular complexity index is 820. The smallest absolute Gasteiger partial charge is 0.257 e. The van der Waals surface area contributed by atoms with Gasteiger partial charge in [-0.3, -0.25) is 10.1 Å². The molecule has 2 aromatic carbocycles. The number of quaternary nitrogens is 1. The average Bonchev–Trinajstić information content (AvgIpc) is 3.16. The van der Waals surface area contributed by atoms with E-state index in [0.29, 0.717) is 16.3 Å². The van der Waals surface area contributed by atoms with Crippen LogP contribution in [0.15, 0.2) is 42.5 Å². The Morgan fingerprint density at radius 1 is 1.19 bits per heavy atom. The van der Waals surface area contributed by atoms with Crippen molar-refractivity contribution in [3.05, 3.63) is 58.6 Å². The van der Waals surface area contributed by atoms with E-state index in [9.17, 15) is 4.79 Å². The molecule has 3 N–H and O–H groups in total. The van der Waals surface area contributed by atoms with Crippen molar-refractivity contribution in [1.29, 1.82) is 0 Å². The van der Waals surface area contributed by atoms with Gasteiger partial charge in [0.25, 0.3) is 5.91 Å². The van der Waals surface area contributed by atoms with E-state index < -0.39 is 0 Å². The number of methoxy groups -OCH3 is 1. The van der Waals surface area contributed by atoms with Gasteiger partial charge in [0.15, 0.2) is 5.11 Å². The maximum atomic E-state index is 12.3. The number of carbonyl (C=O) groups is 1. The van der Waals surface area contributed by atoms with Crippen LogP contribution in [0.1, 0.15) is 28.8 Å². The molecule has 1 aliphatic rings. The maximum Gasteiger partial charge on any atom is 0.257 e. The minimum Gasteiger partial charge on any atom is -0.495 e. The number of likely N-dealkylation sites (tertiary alicyclic amines) is 1. The molecule has 0 aliphatic carbocycles. The van der Waals surface area contributed by atoms with Gasteiger partial charge >= 0.3 is 0 Å². The molecule has 0 spiro atoms. The number of hydrogen-bond acceptors (Lipinski definition) is 3. The normalized spacial score (nSPS) is 14.0. The van der Waals surface area contributed by atoms with E-state index in [1.807, 2.05) is 12.1 Å². The first kappa shape index (κ1) is 19.6. The number of rotatable bonds is 5. The standard InChI is InChI=1S/C20H22ClN3O2S/c1-26-18-9-6-15(12-17(18)21)19(25)23-20(27)22-16-7-4-14(5-8-16)13-24-10-2-3-11-24/h4-9,12H,2-3,10-11,13H2,1H3,(H2,22,23,25,27)/p+1. The van der Waals surface area contributed by atoms with E-state index in [1.54, 1.807) is 23.1 Å². The molecule has 0 radical (unpaired) electrons. The number of hydrogen-bond donors (Lipinski definition) is 3. The molecular weight excluding hydrogens is 382 g/mol. The molecular formula is C20H23ClN3O2S+. The van der Waals surface area contributed by atoms with Crippen LogP contribution in [0.25, 0.3) is 0 Å². The highest BCUT2D eigenvalue weighted by molar-refractivity contribution is 7.80. The fourth-order valence-electron chi connectivity index (χ4n) is 3.19. The Hall–Kier alpha value is -2.15. The number of nitrogens with one attached hydrogen (secondary N) is 3. The van der Waals surface area contributed by atoms with Crippen molar-refractivity contribution in [3.63, 3.8) is 0 Å². The molecule has 7 heteroatoms. The van der Waals surface area contributed by atoms with Crippen molar-refractivity contribution in [2.24, 2.45) is 0 Å². The third-order valence-corrected chi connectivity index (χ3v) is 5.12. The van der Waals surface area contributed by atoms with Crippen molar-refractivity contribution >= 4 is 40.5 Å². The molecule has 2 aromatic rings. The lowest BCUT2D eigenvalue weighted by molar-refractivity contribution is -0.901. The summed E-state index contributed by atoms with van der Waals surface area (Å²) in [4.78, 5) is 13.9. The van der Waals surface area contributed by atoms with Crippen LogP contribution in [0, 0.1) is 0 Å². The second-order valence-electron chi connectivity index (χ2n) is 6.59. The molecule has 0 bridgehead atoms. The van der Waals surface area contributed by atoms with Gasteiger partial charge in [-0.25, -0.2) is 0 Å². The van der Waals surface area contributed by atoms with Gasteiger partial charge in [-0.1, -0.05) is 23.7 Å². The first-order chi connectivity index (χ1) is 13.0. The summed E-state index contributed by atoms with van der Waals surface area (Å²) in [6.45, 7) is 3.57. The van der Waals surface area contributed by atoms with E-state index in [1.165, 1.54) is 38.6 Å². The quantitative estimate of drug-likeness (QED) is 0.670. The third kappa shape index (κ3) is 5.42. The number of carbonyl (C=O) groups excluding carboxylic acids is 1. The monoisotopic (exact) mass is 404 g/mol. The minimum atomic E-state index is -0.327. The van der Waals surface area contributed by atoms with Crippen LogP contribution in [0.3, 0.4) is 0 Å². The lowest BCUT2D eigenvalue weighted by atomic mass is 10.2. The number of benzene rings is 2. The number of halogens is 1. The maximum absolute atomic E-state index is 12.3. The zero-order chi connectivity index (χ0) is 19.2. The highest BCUT2D eigenvalue weighted by Crippen LogP contribution is 2.24. The van der Waals surface area contributed by atoms with Crippen molar-refractivity contribution < 1.29 is 14.4 Å². The van der Waals surface area contributed by atoms with Gasteiger partial charge in [0.2, 0.25) is 0 Å². The van der Waals surface area contributed by atoms with Gasteiger partial charge < -0.3 is 15.0 Å². The summed E-state index contributed by atoms with van der Waals surface area (Å²) in [7, 11) is 1.53. The SMILES string of the molecule is COc1ccc(C(=O)NC(=S)Nc2ccc(C[NH+]3CCCC3)cc2)cc1Cl. The van der Waals surface area contributed by atoms with Gasteiger partial charge in [-0.15, -0.1) is 0 Å². The van der Waals surface area contributed by atoms with Crippen LogP contribution in [-0.2, 0) is 6.54 Å². The van der Waals surface area contributed by atoms with Crippen LogP contribution >= 0.6 is 23.8 Å². The lowest BCUT2D eigenvalue weighted by Gasteiger charge is -2.13. The number of thiocarbonyl (C=S) groups is 1. The highest BCUT2D eigenvalue weighted by atomic mass is 35.5. The molecule has 5 nitrogen and oxygen atoms in total.